The van der Waals surface area contributed by atoms with Crippen LogP contribution in [0.5, 0.6) is 5.75 Å². The highest BCUT2D eigenvalue weighted by Gasteiger charge is 2.32. The molecule has 4 rings (SSSR count). The minimum Gasteiger partial charge on any atom is -0.497 e. The molecule has 5 heteroatoms. The summed E-state index contributed by atoms with van der Waals surface area (Å²) in [7, 11) is 1.66. The maximum Gasteiger partial charge on any atom is 0.231 e. The number of hydrogen-bond donors (Lipinski definition) is 0. The maximum atomic E-state index is 12.5. The second-order valence-electron chi connectivity index (χ2n) is 6.51. The number of fused-ring (bicyclic) bond motifs is 1. The van der Waals surface area contributed by atoms with Gasteiger partial charge in [0.1, 0.15) is 11.6 Å². The number of anilines is 1. The fourth-order valence-electron chi connectivity index (χ4n) is 3.37. The van der Waals surface area contributed by atoms with Crippen LogP contribution in [-0.4, -0.2) is 28.9 Å². The second kappa shape index (κ2) is 6.24. The Morgan fingerprint density at radius 2 is 2.00 bits per heavy atom. The van der Waals surface area contributed by atoms with E-state index in [-0.39, 0.29) is 11.8 Å². The molecule has 1 fully saturated rings. The summed E-state index contributed by atoms with van der Waals surface area (Å²) in [6, 6.07) is 14.0. The molecule has 0 N–H and O–H groups in total. The zero-order chi connectivity index (χ0) is 17.4. The Balaban J connectivity index is 1.73. The predicted molar refractivity (Wildman–Crippen MR) is 97.1 cm³/mol. The van der Waals surface area contributed by atoms with Crippen LogP contribution in [0, 0.1) is 5.92 Å². The highest BCUT2D eigenvalue weighted by atomic mass is 16.5. The van der Waals surface area contributed by atoms with Crippen molar-refractivity contribution in [3.63, 3.8) is 0 Å². The van der Waals surface area contributed by atoms with Crippen LogP contribution in [0.4, 0.5) is 5.82 Å². The van der Waals surface area contributed by atoms with Crippen LogP contribution in [-0.2, 0) is 11.2 Å². The second-order valence-corrected chi connectivity index (χ2v) is 6.51. The number of rotatable bonds is 4. The Labute approximate surface area is 146 Å². The van der Waals surface area contributed by atoms with Crippen molar-refractivity contribution in [3.05, 3.63) is 60.0 Å². The van der Waals surface area contributed by atoms with Crippen molar-refractivity contribution in [2.75, 3.05) is 18.6 Å². The largest absolute Gasteiger partial charge is 0.497 e. The topological polar surface area (TPSA) is 46.8 Å². The summed E-state index contributed by atoms with van der Waals surface area (Å²) >= 11 is 0. The van der Waals surface area contributed by atoms with Gasteiger partial charge < -0.3 is 9.14 Å². The van der Waals surface area contributed by atoms with Gasteiger partial charge in [-0.05, 0) is 36.2 Å². The van der Waals surface area contributed by atoms with Crippen LogP contribution >= 0.6 is 0 Å². The van der Waals surface area contributed by atoms with Crippen LogP contribution in [0.2, 0.25) is 0 Å². The summed E-state index contributed by atoms with van der Waals surface area (Å²) in [5.41, 5.74) is 2.14. The first kappa shape index (κ1) is 15.7. The number of carbonyl (C=O) groups excluding carboxylic acids is 1. The number of nitrogens with zero attached hydrogens (tertiary/aromatic N) is 3. The fraction of sp³-hybridized carbons (Fsp3) is 0.300. The lowest BCUT2D eigenvalue weighted by atomic mass is 10.1. The maximum absolute atomic E-state index is 12.5. The minimum atomic E-state index is 0.0745. The normalized spacial score (nSPS) is 17.4. The molecule has 3 heterocycles. The first-order valence-electron chi connectivity index (χ1n) is 8.57. The lowest BCUT2D eigenvalue weighted by Crippen LogP contribution is -2.26. The van der Waals surface area contributed by atoms with Gasteiger partial charge >= 0.3 is 0 Å². The van der Waals surface area contributed by atoms with Gasteiger partial charge in [-0.2, -0.15) is 0 Å². The Bertz CT molecular complexity index is 914. The number of pyridine rings is 1. The molecule has 2 aromatic heterocycles. The van der Waals surface area contributed by atoms with Crippen LogP contribution in [0.15, 0.2) is 48.7 Å². The molecule has 1 aliphatic rings. The summed E-state index contributed by atoms with van der Waals surface area (Å²) in [5, 5.41) is 0. The molecule has 1 saturated heterocycles. The molecular formula is C20H21N3O2. The van der Waals surface area contributed by atoms with E-state index in [1.54, 1.807) is 7.11 Å². The molecule has 1 unspecified atom stereocenters. The van der Waals surface area contributed by atoms with E-state index in [4.69, 9.17) is 9.72 Å². The van der Waals surface area contributed by atoms with Gasteiger partial charge in [0, 0.05) is 25.1 Å². The quantitative estimate of drug-likeness (QED) is 0.735. The van der Waals surface area contributed by atoms with E-state index in [0.29, 0.717) is 6.42 Å². The van der Waals surface area contributed by atoms with Crippen molar-refractivity contribution in [2.45, 2.75) is 19.8 Å². The van der Waals surface area contributed by atoms with Crippen molar-refractivity contribution in [1.82, 2.24) is 9.38 Å². The fourth-order valence-corrected chi connectivity index (χ4v) is 3.37. The van der Waals surface area contributed by atoms with E-state index in [1.807, 2.05) is 60.5 Å². The first-order valence-corrected chi connectivity index (χ1v) is 8.57. The smallest absolute Gasteiger partial charge is 0.231 e. The molecule has 0 bridgehead atoms. The third-order valence-corrected chi connectivity index (χ3v) is 4.85. The summed E-state index contributed by atoms with van der Waals surface area (Å²) in [4.78, 5) is 19.1. The summed E-state index contributed by atoms with van der Waals surface area (Å²) < 4.78 is 7.30. The van der Waals surface area contributed by atoms with E-state index in [2.05, 4.69) is 4.40 Å². The van der Waals surface area contributed by atoms with Crippen molar-refractivity contribution in [2.24, 2.45) is 5.92 Å². The Morgan fingerprint density at radius 3 is 2.68 bits per heavy atom. The molecule has 128 valence electrons. The van der Waals surface area contributed by atoms with Gasteiger partial charge in [-0.15, -0.1) is 0 Å². The van der Waals surface area contributed by atoms with E-state index in [1.165, 1.54) is 0 Å². The number of amides is 1. The molecule has 5 nitrogen and oxygen atoms in total. The lowest BCUT2D eigenvalue weighted by molar-refractivity contribution is -0.119. The van der Waals surface area contributed by atoms with E-state index in [9.17, 15) is 4.79 Å². The number of benzene rings is 1. The minimum absolute atomic E-state index is 0.0745. The van der Waals surface area contributed by atoms with Gasteiger partial charge in [0.25, 0.3) is 0 Å². The third-order valence-electron chi connectivity index (χ3n) is 4.85. The number of carbonyl (C=O) groups is 1. The number of methoxy groups -OCH3 is 1. The lowest BCUT2D eigenvalue weighted by Gasteiger charge is -2.13. The van der Waals surface area contributed by atoms with Crippen molar-refractivity contribution < 1.29 is 9.53 Å². The Kier molecular flexibility index (Phi) is 3.92. The van der Waals surface area contributed by atoms with E-state index < -0.39 is 0 Å². The van der Waals surface area contributed by atoms with Gasteiger partial charge in [0.15, 0.2) is 5.82 Å². The summed E-state index contributed by atoms with van der Waals surface area (Å²) in [6.07, 6.45) is 3.60. The molecule has 0 saturated carbocycles. The summed E-state index contributed by atoms with van der Waals surface area (Å²) in [5.74, 6) is 2.79. The van der Waals surface area contributed by atoms with Crippen molar-refractivity contribution in [1.29, 1.82) is 0 Å². The van der Waals surface area contributed by atoms with Crippen LogP contribution < -0.4 is 9.64 Å². The molecule has 0 radical (unpaired) electrons. The molecule has 25 heavy (non-hydrogen) atoms. The average Bonchev–Trinajstić information content (AvgIpc) is 3.17. The van der Waals surface area contributed by atoms with Crippen molar-refractivity contribution >= 4 is 17.2 Å². The number of hydrogen-bond acceptors (Lipinski definition) is 3. The zero-order valence-electron chi connectivity index (χ0n) is 14.5. The van der Waals surface area contributed by atoms with Crippen LogP contribution in [0.1, 0.15) is 24.7 Å². The Hall–Kier alpha value is -2.82. The SMILES string of the molecule is COc1ccc(Cc2nc(N3CCC(C)C3=O)c3ccccn23)cc1. The van der Waals surface area contributed by atoms with E-state index in [0.717, 1.165) is 41.4 Å². The van der Waals surface area contributed by atoms with E-state index >= 15 is 0 Å². The van der Waals surface area contributed by atoms with Crippen LogP contribution in [0.25, 0.3) is 5.52 Å². The van der Waals surface area contributed by atoms with Gasteiger partial charge in [-0.1, -0.05) is 25.1 Å². The van der Waals surface area contributed by atoms with Crippen molar-refractivity contribution in [3.8, 4) is 5.75 Å². The standard InChI is InChI=1S/C20H21N3O2/c1-14-10-12-23(20(14)24)19-17-5-3-4-11-22(17)18(21-19)13-15-6-8-16(25-2)9-7-15/h3-9,11,14H,10,12-13H2,1-2H3. The number of aromatic nitrogens is 2. The summed E-state index contributed by atoms with van der Waals surface area (Å²) in [6.45, 7) is 2.72. The molecule has 0 aliphatic carbocycles. The number of ether oxygens (including phenoxy) is 1. The zero-order valence-corrected chi connectivity index (χ0v) is 14.5. The molecule has 3 aromatic rings. The molecule has 1 aromatic carbocycles. The Morgan fingerprint density at radius 1 is 1.20 bits per heavy atom. The van der Waals surface area contributed by atoms with Crippen LogP contribution in [0.3, 0.4) is 0 Å². The molecule has 1 atom stereocenters. The van der Waals surface area contributed by atoms with Gasteiger partial charge in [0.2, 0.25) is 5.91 Å². The number of imidazole rings is 1. The molecule has 1 amide bonds. The monoisotopic (exact) mass is 335 g/mol. The third kappa shape index (κ3) is 2.76. The highest BCUT2D eigenvalue weighted by molar-refractivity contribution is 5.99. The molecular weight excluding hydrogens is 314 g/mol. The van der Waals surface area contributed by atoms with Gasteiger partial charge in [0.05, 0.1) is 12.6 Å². The molecule has 0 spiro atoms. The molecule has 1 aliphatic heterocycles. The first-order chi connectivity index (χ1) is 12.2. The predicted octanol–water partition coefficient (Wildman–Crippen LogP) is 3.31. The average molecular weight is 335 g/mol. The van der Waals surface area contributed by atoms with Gasteiger partial charge in [-0.3, -0.25) is 9.69 Å². The van der Waals surface area contributed by atoms with Gasteiger partial charge in [-0.25, -0.2) is 4.98 Å². The highest BCUT2D eigenvalue weighted by Crippen LogP contribution is 2.29.